The number of carbonyl (C=O) groups excluding carboxylic acids is 1. The first-order valence-corrected chi connectivity index (χ1v) is 4.22. The molecule has 1 aliphatic heterocycles. The maximum Gasteiger partial charge on any atom is 0.319 e. The molecule has 1 saturated heterocycles. The minimum atomic E-state index is 0.0472. The van der Waals surface area contributed by atoms with Crippen LogP contribution in [0.3, 0.4) is 0 Å². The van der Waals surface area contributed by atoms with Crippen LogP contribution >= 0.6 is 0 Å². The van der Waals surface area contributed by atoms with Crippen LogP contribution in [0.2, 0.25) is 0 Å². The number of hydrogen-bond donors (Lipinski definition) is 1. The largest absolute Gasteiger partial charge is 0.396 e. The van der Waals surface area contributed by atoms with Crippen molar-refractivity contribution in [2.45, 2.75) is 6.42 Å². The van der Waals surface area contributed by atoms with E-state index >= 15 is 0 Å². The van der Waals surface area contributed by atoms with Gasteiger partial charge in [0.1, 0.15) is 0 Å². The number of hydrogen-bond acceptors (Lipinski definition) is 2. The van der Waals surface area contributed by atoms with Crippen molar-refractivity contribution in [2.75, 3.05) is 33.8 Å². The smallest absolute Gasteiger partial charge is 0.319 e. The number of urea groups is 1. The van der Waals surface area contributed by atoms with E-state index < -0.39 is 0 Å². The highest BCUT2D eigenvalue weighted by atomic mass is 16.3. The highest BCUT2D eigenvalue weighted by Crippen LogP contribution is 2.15. The van der Waals surface area contributed by atoms with E-state index in [0.717, 1.165) is 13.0 Å². The number of aliphatic hydroxyl groups is 1. The topological polar surface area (TPSA) is 43.8 Å². The molecule has 1 N–H and O–H groups in total. The summed E-state index contributed by atoms with van der Waals surface area (Å²) in [6.45, 7) is 1.67. The zero-order chi connectivity index (χ0) is 9.14. The Morgan fingerprint density at radius 1 is 1.67 bits per heavy atom. The van der Waals surface area contributed by atoms with Crippen molar-refractivity contribution < 1.29 is 9.90 Å². The molecule has 2 amide bonds. The molecule has 0 saturated carbocycles. The Labute approximate surface area is 72.8 Å². The Bertz CT molecular complexity index is 170. The molecular weight excluding hydrogens is 156 g/mol. The van der Waals surface area contributed by atoms with Crippen molar-refractivity contribution in [2.24, 2.45) is 5.92 Å². The molecular formula is C8H16N2O2. The first kappa shape index (κ1) is 9.32. The monoisotopic (exact) mass is 172 g/mol. The minimum absolute atomic E-state index is 0.0472. The van der Waals surface area contributed by atoms with Gasteiger partial charge in [-0.3, -0.25) is 0 Å². The van der Waals surface area contributed by atoms with Gasteiger partial charge in [-0.2, -0.15) is 0 Å². The van der Waals surface area contributed by atoms with Crippen molar-refractivity contribution in [3.63, 3.8) is 0 Å². The normalized spacial score (nSPS) is 22.9. The molecule has 1 fully saturated rings. The standard InChI is InChI=1S/C8H16N2O2/c1-9(2)8(12)10-4-3-7(5-10)6-11/h7,11H,3-6H2,1-2H3. The Hall–Kier alpha value is -0.770. The van der Waals surface area contributed by atoms with Gasteiger partial charge in [0.05, 0.1) is 0 Å². The molecule has 0 spiro atoms. The molecule has 1 aliphatic rings. The molecule has 0 radical (unpaired) electrons. The maximum atomic E-state index is 11.4. The van der Waals surface area contributed by atoms with E-state index in [0.29, 0.717) is 6.54 Å². The fraction of sp³-hybridized carbons (Fsp3) is 0.875. The predicted molar refractivity (Wildman–Crippen MR) is 45.8 cm³/mol. The Kier molecular flexibility index (Phi) is 2.92. The van der Waals surface area contributed by atoms with E-state index in [9.17, 15) is 4.79 Å². The van der Waals surface area contributed by atoms with Crippen LogP contribution in [0.4, 0.5) is 4.79 Å². The Morgan fingerprint density at radius 2 is 2.33 bits per heavy atom. The van der Waals surface area contributed by atoms with Crippen LogP contribution in [0.1, 0.15) is 6.42 Å². The average molecular weight is 172 g/mol. The second kappa shape index (κ2) is 3.76. The fourth-order valence-corrected chi connectivity index (χ4v) is 1.44. The van der Waals surface area contributed by atoms with E-state index in [1.54, 1.807) is 23.9 Å². The van der Waals surface area contributed by atoms with Crippen LogP contribution < -0.4 is 0 Å². The molecule has 1 atom stereocenters. The summed E-state index contributed by atoms with van der Waals surface area (Å²) in [5.41, 5.74) is 0. The van der Waals surface area contributed by atoms with Crippen LogP contribution in [0.15, 0.2) is 0 Å². The maximum absolute atomic E-state index is 11.4. The zero-order valence-electron chi connectivity index (χ0n) is 7.66. The molecule has 1 rings (SSSR count). The van der Waals surface area contributed by atoms with Crippen LogP contribution in [0.5, 0.6) is 0 Å². The average Bonchev–Trinajstić information content (AvgIpc) is 2.50. The van der Waals surface area contributed by atoms with Gasteiger partial charge in [0.25, 0.3) is 0 Å². The fourth-order valence-electron chi connectivity index (χ4n) is 1.44. The molecule has 4 heteroatoms. The second-order valence-electron chi connectivity index (χ2n) is 3.46. The third kappa shape index (κ3) is 1.88. The van der Waals surface area contributed by atoms with E-state index in [4.69, 9.17) is 5.11 Å². The van der Waals surface area contributed by atoms with Crippen LogP contribution in [0.25, 0.3) is 0 Å². The molecule has 0 bridgehead atoms. The lowest BCUT2D eigenvalue weighted by atomic mass is 10.1. The third-order valence-corrected chi connectivity index (χ3v) is 2.20. The molecule has 1 heterocycles. The molecule has 0 aliphatic carbocycles. The molecule has 70 valence electrons. The second-order valence-corrected chi connectivity index (χ2v) is 3.46. The first-order chi connectivity index (χ1) is 5.65. The van der Waals surface area contributed by atoms with Crippen molar-refractivity contribution in [1.82, 2.24) is 9.80 Å². The summed E-state index contributed by atoms with van der Waals surface area (Å²) < 4.78 is 0. The SMILES string of the molecule is CN(C)C(=O)N1CCC(CO)C1. The minimum Gasteiger partial charge on any atom is -0.396 e. The first-order valence-electron chi connectivity index (χ1n) is 4.22. The van der Waals surface area contributed by atoms with Gasteiger partial charge in [-0.05, 0) is 6.42 Å². The van der Waals surface area contributed by atoms with Gasteiger partial charge in [0.2, 0.25) is 0 Å². The predicted octanol–water partition coefficient (Wildman–Crippen LogP) is -0.0178. The molecule has 0 aromatic rings. The van der Waals surface area contributed by atoms with E-state index in [1.807, 2.05) is 0 Å². The van der Waals surface area contributed by atoms with Gasteiger partial charge in [0.15, 0.2) is 0 Å². The van der Waals surface area contributed by atoms with Crippen LogP contribution in [-0.4, -0.2) is 54.7 Å². The quantitative estimate of drug-likeness (QED) is 0.604. The molecule has 0 aromatic carbocycles. The van der Waals surface area contributed by atoms with E-state index in [-0.39, 0.29) is 18.6 Å². The van der Waals surface area contributed by atoms with Gasteiger partial charge in [-0.25, -0.2) is 4.79 Å². The summed E-state index contributed by atoms with van der Waals surface area (Å²) in [5, 5.41) is 8.85. The number of amides is 2. The van der Waals surface area contributed by atoms with Gasteiger partial charge >= 0.3 is 6.03 Å². The summed E-state index contributed by atoms with van der Waals surface area (Å²) in [6.07, 6.45) is 0.927. The molecule has 0 aromatic heterocycles. The van der Waals surface area contributed by atoms with E-state index in [2.05, 4.69) is 0 Å². The Balaban J connectivity index is 2.41. The lowest BCUT2D eigenvalue weighted by Crippen LogP contribution is -2.37. The number of aliphatic hydroxyl groups excluding tert-OH is 1. The highest BCUT2D eigenvalue weighted by molar-refractivity contribution is 5.74. The zero-order valence-corrected chi connectivity index (χ0v) is 7.66. The van der Waals surface area contributed by atoms with Crippen molar-refractivity contribution in [3.8, 4) is 0 Å². The summed E-state index contributed by atoms with van der Waals surface area (Å²) in [6, 6.07) is 0.0472. The number of rotatable bonds is 1. The van der Waals surface area contributed by atoms with Gasteiger partial charge in [-0.1, -0.05) is 0 Å². The molecule has 12 heavy (non-hydrogen) atoms. The molecule has 1 unspecified atom stereocenters. The van der Waals surface area contributed by atoms with Gasteiger partial charge in [0, 0.05) is 39.7 Å². The summed E-state index contributed by atoms with van der Waals surface area (Å²) in [4.78, 5) is 14.7. The lowest BCUT2D eigenvalue weighted by Gasteiger charge is -2.20. The van der Waals surface area contributed by atoms with Crippen molar-refractivity contribution in [3.05, 3.63) is 0 Å². The summed E-state index contributed by atoms with van der Waals surface area (Å²) >= 11 is 0. The summed E-state index contributed by atoms with van der Waals surface area (Å²) in [7, 11) is 3.49. The van der Waals surface area contributed by atoms with Crippen LogP contribution in [-0.2, 0) is 0 Å². The van der Waals surface area contributed by atoms with Gasteiger partial charge < -0.3 is 14.9 Å². The third-order valence-electron chi connectivity index (χ3n) is 2.20. The summed E-state index contributed by atoms with van der Waals surface area (Å²) in [5.74, 6) is 0.286. The number of likely N-dealkylation sites (tertiary alicyclic amines) is 1. The van der Waals surface area contributed by atoms with Crippen molar-refractivity contribution >= 4 is 6.03 Å². The van der Waals surface area contributed by atoms with E-state index in [1.165, 1.54) is 0 Å². The van der Waals surface area contributed by atoms with Crippen molar-refractivity contribution in [1.29, 1.82) is 0 Å². The lowest BCUT2D eigenvalue weighted by molar-refractivity contribution is 0.175. The molecule has 4 nitrogen and oxygen atoms in total. The highest BCUT2D eigenvalue weighted by Gasteiger charge is 2.26. The van der Waals surface area contributed by atoms with Gasteiger partial charge in [-0.15, -0.1) is 0 Å². The van der Waals surface area contributed by atoms with Crippen LogP contribution in [0, 0.1) is 5.92 Å². The Morgan fingerprint density at radius 3 is 2.75 bits per heavy atom. The number of carbonyl (C=O) groups is 1. The number of nitrogens with zero attached hydrogens (tertiary/aromatic N) is 2.